The SMILES string of the molecule is CCc1cnc(CCNC(=NC)NCCNc2ncc(Cl)cc2Cl)s1.I. The number of hydrogen-bond acceptors (Lipinski definition) is 5. The predicted octanol–water partition coefficient (Wildman–Crippen LogP) is 3.84. The zero-order valence-corrected chi connectivity index (χ0v) is 19.3. The molecule has 0 aromatic carbocycles. The van der Waals surface area contributed by atoms with Gasteiger partial charge < -0.3 is 16.0 Å². The number of nitrogens with zero attached hydrogens (tertiary/aromatic N) is 3. The van der Waals surface area contributed by atoms with E-state index in [4.69, 9.17) is 23.2 Å². The van der Waals surface area contributed by atoms with Crippen molar-refractivity contribution in [1.29, 1.82) is 0 Å². The molecule has 10 heteroatoms. The van der Waals surface area contributed by atoms with E-state index in [-0.39, 0.29) is 24.0 Å². The average Bonchev–Trinajstić information content (AvgIpc) is 3.06. The number of aliphatic imine (C=N–C) groups is 1. The van der Waals surface area contributed by atoms with Crippen molar-refractivity contribution >= 4 is 70.3 Å². The first-order chi connectivity index (χ1) is 12.1. The number of pyridine rings is 1. The molecule has 3 N–H and O–H groups in total. The molecule has 2 aromatic heterocycles. The summed E-state index contributed by atoms with van der Waals surface area (Å²) in [6.07, 6.45) is 5.43. The molecular weight excluding hydrogens is 506 g/mol. The quantitative estimate of drug-likeness (QED) is 0.210. The molecule has 0 amide bonds. The standard InChI is InChI=1S/C16H22Cl2N6S.HI/c1-3-12-10-23-14(25-12)4-5-21-16(19-2)22-7-6-20-15-13(18)8-11(17)9-24-15;/h8-10H,3-7H2,1-2H3,(H,20,24)(H2,19,21,22);1H. The summed E-state index contributed by atoms with van der Waals surface area (Å²) >= 11 is 13.7. The smallest absolute Gasteiger partial charge is 0.191 e. The lowest BCUT2D eigenvalue weighted by Crippen LogP contribution is -2.40. The van der Waals surface area contributed by atoms with Crippen LogP contribution in [0.5, 0.6) is 0 Å². The molecule has 144 valence electrons. The van der Waals surface area contributed by atoms with E-state index in [2.05, 4.69) is 37.8 Å². The lowest BCUT2D eigenvalue weighted by atomic mass is 10.4. The highest BCUT2D eigenvalue weighted by molar-refractivity contribution is 14.0. The minimum atomic E-state index is 0. The van der Waals surface area contributed by atoms with E-state index in [1.54, 1.807) is 30.6 Å². The molecule has 2 rings (SSSR count). The van der Waals surface area contributed by atoms with Crippen molar-refractivity contribution in [3.05, 3.63) is 38.4 Å². The van der Waals surface area contributed by atoms with Gasteiger partial charge in [-0.25, -0.2) is 9.97 Å². The third kappa shape index (κ3) is 7.81. The van der Waals surface area contributed by atoms with Gasteiger partial charge in [0, 0.05) is 50.4 Å². The minimum absolute atomic E-state index is 0. The first kappa shape index (κ1) is 23.2. The van der Waals surface area contributed by atoms with Gasteiger partial charge >= 0.3 is 0 Å². The van der Waals surface area contributed by atoms with Crippen LogP contribution in [-0.2, 0) is 12.8 Å². The molecule has 0 radical (unpaired) electrons. The Balaban J connectivity index is 0.00000338. The molecule has 2 aromatic rings. The molecule has 0 saturated heterocycles. The van der Waals surface area contributed by atoms with Crippen molar-refractivity contribution in [3.63, 3.8) is 0 Å². The Morgan fingerprint density at radius 1 is 1.15 bits per heavy atom. The van der Waals surface area contributed by atoms with E-state index in [9.17, 15) is 0 Å². The van der Waals surface area contributed by atoms with Gasteiger partial charge in [0.25, 0.3) is 0 Å². The fraction of sp³-hybridized carbons (Fsp3) is 0.438. The summed E-state index contributed by atoms with van der Waals surface area (Å²) in [6.45, 7) is 4.26. The third-order valence-electron chi connectivity index (χ3n) is 3.32. The van der Waals surface area contributed by atoms with E-state index < -0.39 is 0 Å². The number of halogens is 3. The summed E-state index contributed by atoms with van der Waals surface area (Å²) in [5.41, 5.74) is 0. The number of anilines is 1. The second-order valence-corrected chi connectivity index (χ2v) is 7.20. The van der Waals surface area contributed by atoms with Gasteiger partial charge in [-0.2, -0.15) is 0 Å². The lowest BCUT2D eigenvalue weighted by molar-refractivity contribution is 0.794. The Bertz CT molecular complexity index is 710. The van der Waals surface area contributed by atoms with Crippen LogP contribution in [0.2, 0.25) is 10.0 Å². The summed E-state index contributed by atoms with van der Waals surface area (Å²) in [6, 6.07) is 1.66. The summed E-state index contributed by atoms with van der Waals surface area (Å²) in [7, 11) is 1.75. The minimum Gasteiger partial charge on any atom is -0.367 e. The maximum absolute atomic E-state index is 6.07. The summed E-state index contributed by atoms with van der Waals surface area (Å²) < 4.78 is 0. The molecule has 0 atom stereocenters. The van der Waals surface area contributed by atoms with Crippen molar-refractivity contribution in [2.24, 2.45) is 4.99 Å². The molecule has 26 heavy (non-hydrogen) atoms. The third-order valence-corrected chi connectivity index (χ3v) is 5.02. The summed E-state index contributed by atoms with van der Waals surface area (Å²) in [5.74, 6) is 1.37. The van der Waals surface area contributed by atoms with Gasteiger partial charge in [-0.3, -0.25) is 4.99 Å². The molecule has 0 bridgehead atoms. The molecule has 0 spiro atoms. The van der Waals surface area contributed by atoms with Crippen molar-refractivity contribution in [2.75, 3.05) is 32.0 Å². The van der Waals surface area contributed by atoms with E-state index in [0.29, 0.717) is 29.0 Å². The zero-order valence-electron chi connectivity index (χ0n) is 14.7. The van der Waals surface area contributed by atoms with Crippen LogP contribution in [0.25, 0.3) is 0 Å². The largest absolute Gasteiger partial charge is 0.367 e. The highest BCUT2D eigenvalue weighted by Crippen LogP contribution is 2.21. The Hall–Kier alpha value is -0.840. The molecule has 0 aliphatic carbocycles. The van der Waals surface area contributed by atoms with Crippen LogP contribution in [0.15, 0.2) is 23.5 Å². The van der Waals surface area contributed by atoms with Gasteiger partial charge in [0.1, 0.15) is 5.82 Å². The van der Waals surface area contributed by atoms with Crippen LogP contribution in [0.1, 0.15) is 16.8 Å². The monoisotopic (exact) mass is 528 g/mol. The molecule has 2 heterocycles. The van der Waals surface area contributed by atoms with Crippen molar-refractivity contribution in [2.45, 2.75) is 19.8 Å². The topological polar surface area (TPSA) is 74.2 Å². The maximum atomic E-state index is 6.07. The van der Waals surface area contributed by atoms with Gasteiger partial charge in [0.15, 0.2) is 5.96 Å². The van der Waals surface area contributed by atoms with Crippen molar-refractivity contribution in [3.8, 4) is 0 Å². The first-order valence-corrected chi connectivity index (χ1v) is 9.62. The number of hydrogen-bond donors (Lipinski definition) is 3. The van der Waals surface area contributed by atoms with Gasteiger partial charge in [-0.15, -0.1) is 35.3 Å². The van der Waals surface area contributed by atoms with E-state index in [1.807, 2.05) is 6.20 Å². The van der Waals surface area contributed by atoms with E-state index in [0.717, 1.165) is 30.4 Å². The summed E-state index contributed by atoms with van der Waals surface area (Å²) in [5, 5.41) is 11.8. The number of aryl methyl sites for hydroxylation is 1. The molecule has 0 saturated carbocycles. The molecular formula is C16H23Cl2IN6S. The first-order valence-electron chi connectivity index (χ1n) is 8.05. The van der Waals surface area contributed by atoms with Gasteiger partial charge in [0.05, 0.1) is 15.1 Å². The van der Waals surface area contributed by atoms with Crippen LogP contribution in [-0.4, -0.2) is 42.6 Å². The predicted molar refractivity (Wildman–Crippen MR) is 123 cm³/mol. The molecule has 0 aliphatic rings. The number of guanidine groups is 1. The second kappa shape index (κ2) is 12.5. The number of thiazole rings is 1. The molecule has 0 unspecified atom stereocenters. The summed E-state index contributed by atoms with van der Waals surface area (Å²) in [4.78, 5) is 14.1. The fourth-order valence-corrected chi connectivity index (χ4v) is 3.35. The molecule has 6 nitrogen and oxygen atoms in total. The Labute approximate surface area is 185 Å². The van der Waals surface area contributed by atoms with Crippen LogP contribution in [0.4, 0.5) is 5.82 Å². The van der Waals surface area contributed by atoms with E-state index >= 15 is 0 Å². The van der Waals surface area contributed by atoms with Gasteiger partial charge in [0.2, 0.25) is 0 Å². The Kier molecular flexibility index (Phi) is 11.2. The van der Waals surface area contributed by atoms with Crippen LogP contribution < -0.4 is 16.0 Å². The van der Waals surface area contributed by atoms with Gasteiger partial charge in [-0.1, -0.05) is 30.1 Å². The Morgan fingerprint density at radius 2 is 1.92 bits per heavy atom. The number of rotatable bonds is 8. The zero-order chi connectivity index (χ0) is 18.1. The van der Waals surface area contributed by atoms with Crippen LogP contribution in [0.3, 0.4) is 0 Å². The Morgan fingerprint density at radius 3 is 2.58 bits per heavy atom. The van der Waals surface area contributed by atoms with Crippen molar-refractivity contribution < 1.29 is 0 Å². The van der Waals surface area contributed by atoms with E-state index in [1.165, 1.54) is 4.88 Å². The van der Waals surface area contributed by atoms with Crippen LogP contribution in [0, 0.1) is 0 Å². The molecule has 0 aliphatic heterocycles. The highest BCUT2D eigenvalue weighted by Gasteiger charge is 2.03. The van der Waals surface area contributed by atoms with Crippen LogP contribution >= 0.6 is 58.5 Å². The number of nitrogens with one attached hydrogen (secondary N) is 3. The highest BCUT2D eigenvalue weighted by atomic mass is 127. The normalized spacial score (nSPS) is 11.0. The van der Waals surface area contributed by atoms with Crippen molar-refractivity contribution in [1.82, 2.24) is 20.6 Å². The maximum Gasteiger partial charge on any atom is 0.191 e. The lowest BCUT2D eigenvalue weighted by Gasteiger charge is -2.12. The second-order valence-electron chi connectivity index (χ2n) is 5.16. The average molecular weight is 529 g/mol. The molecule has 0 fully saturated rings. The number of aromatic nitrogens is 2. The fourth-order valence-electron chi connectivity index (χ4n) is 2.04. The van der Waals surface area contributed by atoms with Gasteiger partial charge in [-0.05, 0) is 12.5 Å².